The number of thioether (sulfide) groups is 1. The van der Waals surface area contributed by atoms with Gasteiger partial charge >= 0.3 is 5.97 Å². The molecule has 7 nitrogen and oxygen atoms in total. The van der Waals surface area contributed by atoms with Gasteiger partial charge < -0.3 is 21.1 Å². The van der Waals surface area contributed by atoms with E-state index < -0.39 is 5.97 Å². The Hall–Kier alpha value is -2.36. The van der Waals surface area contributed by atoms with Gasteiger partial charge in [-0.1, -0.05) is 18.2 Å². The molecule has 4 N–H and O–H groups in total. The van der Waals surface area contributed by atoms with Crippen LogP contribution in [0.5, 0.6) is 0 Å². The molecule has 1 heterocycles. The molecule has 9 heteroatoms. The van der Waals surface area contributed by atoms with Crippen molar-refractivity contribution >= 4 is 51.6 Å². The van der Waals surface area contributed by atoms with Crippen molar-refractivity contribution in [2.45, 2.75) is 13.8 Å². The number of anilines is 2. The van der Waals surface area contributed by atoms with E-state index in [0.29, 0.717) is 33.4 Å². The molecule has 150 valence electrons. The summed E-state index contributed by atoms with van der Waals surface area (Å²) in [5.41, 5.74) is 6.75. The maximum atomic E-state index is 12.7. The van der Waals surface area contributed by atoms with E-state index in [4.69, 9.17) is 10.5 Å². The van der Waals surface area contributed by atoms with Crippen molar-refractivity contribution in [3.8, 4) is 0 Å². The fraction of sp³-hybridized carbons (Fsp3) is 0.316. The highest BCUT2D eigenvalue weighted by Crippen LogP contribution is 2.34. The quantitative estimate of drug-likeness (QED) is 0.424. The molecule has 0 atom stereocenters. The van der Waals surface area contributed by atoms with Gasteiger partial charge in [0.25, 0.3) is 5.91 Å². The molecule has 1 aromatic carbocycles. The van der Waals surface area contributed by atoms with Crippen LogP contribution in [0.1, 0.15) is 32.5 Å². The summed E-state index contributed by atoms with van der Waals surface area (Å²) in [4.78, 5) is 37.6. The zero-order chi connectivity index (χ0) is 20.5. The van der Waals surface area contributed by atoms with Crippen LogP contribution in [0.3, 0.4) is 0 Å². The second-order valence-electron chi connectivity index (χ2n) is 5.69. The Morgan fingerprint density at radius 2 is 1.89 bits per heavy atom. The number of nitrogens with one attached hydrogen (secondary N) is 2. The predicted molar refractivity (Wildman–Crippen MR) is 114 cm³/mol. The Kier molecular flexibility index (Phi) is 8.49. The summed E-state index contributed by atoms with van der Waals surface area (Å²) in [5, 5.41) is 5.83. The minimum absolute atomic E-state index is 0.194. The molecular formula is C19H23N3O4S2. The lowest BCUT2D eigenvalue weighted by atomic mass is 10.1. The van der Waals surface area contributed by atoms with Crippen molar-refractivity contribution in [2.24, 2.45) is 5.73 Å². The van der Waals surface area contributed by atoms with E-state index >= 15 is 0 Å². The molecule has 0 radical (unpaired) electrons. The maximum absolute atomic E-state index is 12.7. The summed E-state index contributed by atoms with van der Waals surface area (Å²) in [6.07, 6.45) is 0. The molecule has 2 aromatic rings. The van der Waals surface area contributed by atoms with Crippen molar-refractivity contribution in [3.63, 3.8) is 0 Å². The molecule has 1 aromatic heterocycles. The number of nitrogens with two attached hydrogens (primary N) is 1. The Bertz CT molecular complexity index is 837. The Morgan fingerprint density at radius 3 is 2.54 bits per heavy atom. The molecule has 2 rings (SSSR count). The standard InChI is InChI=1S/C19H23N3O4S2/c1-3-26-19(25)15-12(2)16(17(24)21-13-7-5-4-6-8-13)28-18(15)22-14(23)11-27-10-9-20/h4-8H,3,9-11,20H2,1-2H3,(H,21,24)(H,22,23). The number of carbonyl (C=O) groups excluding carboxylic acids is 3. The number of carbonyl (C=O) groups is 3. The Morgan fingerprint density at radius 1 is 1.18 bits per heavy atom. The third-order valence-electron chi connectivity index (χ3n) is 3.61. The van der Waals surface area contributed by atoms with E-state index in [9.17, 15) is 14.4 Å². The first-order valence-corrected chi connectivity index (χ1v) is 10.7. The number of para-hydroxylation sites is 1. The number of esters is 1. The summed E-state index contributed by atoms with van der Waals surface area (Å²) in [7, 11) is 0. The first-order chi connectivity index (χ1) is 13.5. The SMILES string of the molecule is CCOC(=O)c1c(NC(=O)CSCCN)sc(C(=O)Nc2ccccc2)c1C. The topological polar surface area (TPSA) is 111 Å². The van der Waals surface area contributed by atoms with Gasteiger partial charge in [-0.2, -0.15) is 11.8 Å². The van der Waals surface area contributed by atoms with Gasteiger partial charge in [0.2, 0.25) is 5.91 Å². The molecule has 28 heavy (non-hydrogen) atoms. The summed E-state index contributed by atoms with van der Waals surface area (Å²) < 4.78 is 5.10. The first-order valence-electron chi connectivity index (χ1n) is 8.72. The Labute approximate surface area is 172 Å². The normalized spacial score (nSPS) is 10.4. The molecule has 2 amide bonds. The molecule has 0 fully saturated rings. The predicted octanol–water partition coefficient (Wildman–Crippen LogP) is 3.12. The lowest BCUT2D eigenvalue weighted by Gasteiger charge is -2.07. The molecule has 0 bridgehead atoms. The van der Waals surface area contributed by atoms with Gasteiger partial charge in [0.1, 0.15) is 5.00 Å². The van der Waals surface area contributed by atoms with Crippen molar-refractivity contribution in [1.29, 1.82) is 0 Å². The summed E-state index contributed by atoms with van der Waals surface area (Å²) in [6, 6.07) is 9.01. The van der Waals surface area contributed by atoms with Gasteiger partial charge in [0.05, 0.1) is 22.8 Å². The number of hydrogen-bond donors (Lipinski definition) is 3. The lowest BCUT2D eigenvalue weighted by molar-refractivity contribution is -0.113. The van der Waals surface area contributed by atoms with Gasteiger partial charge in [-0.15, -0.1) is 11.3 Å². The zero-order valence-electron chi connectivity index (χ0n) is 15.7. The molecule has 0 aliphatic rings. The molecule has 0 aliphatic carbocycles. The van der Waals surface area contributed by atoms with E-state index in [1.807, 2.05) is 18.2 Å². The summed E-state index contributed by atoms with van der Waals surface area (Å²) >= 11 is 2.45. The highest BCUT2D eigenvalue weighted by atomic mass is 32.2. The van der Waals surface area contributed by atoms with Gasteiger partial charge in [0, 0.05) is 18.0 Å². The van der Waals surface area contributed by atoms with Gasteiger partial charge in [0.15, 0.2) is 0 Å². The van der Waals surface area contributed by atoms with Crippen LogP contribution in [0, 0.1) is 6.92 Å². The highest BCUT2D eigenvalue weighted by Gasteiger charge is 2.26. The van der Waals surface area contributed by atoms with Crippen molar-refractivity contribution < 1.29 is 19.1 Å². The average molecular weight is 422 g/mol. The third kappa shape index (κ3) is 5.82. The lowest BCUT2D eigenvalue weighted by Crippen LogP contribution is -2.17. The average Bonchev–Trinajstić information content (AvgIpc) is 2.99. The van der Waals surface area contributed by atoms with Crippen molar-refractivity contribution in [1.82, 2.24) is 0 Å². The number of benzene rings is 1. The monoisotopic (exact) mass is 421 g/mol. The molecular weight excluding hydrogens is 398 g/mol. The number of thiophene rings is 1. The number of hydrogen-bond acceptors (Lipinski definition) is 7. The van der Waals surface area contributed by atoms with E-state index in [1.54, 1.807) is 26.0 Å². The Balaban J connectivity index is 2.27. The highest BCUT2D eigenvalue weighted by molar-refractivity contribution is 7.99. The van der Waals surface area contributed by atoms with Gasteiger partial charge in [-0.25, -0.2) is 4.79 Å². The summed E-state index contributed by atoms with van der Waals surface area (Å²) in [6.45, 7) is 4.04. The van der Waals surface area contributed by atoms with Crippen LogP contribution in [0.15, 0.2) is 30.3 Å². The largest absolute Gasteiger partial charge is 0.462 e. The molecule has 0 unspecified atom stereocenters. The maximum Gasteiger partial charge on any atom is 0.341 e. The van der Waals surface area contributed by atoms with Crippen molar-refractivity contribution in [2.75, 3.05) is 35.3 Å². The van der Waals surface area contributed by atoms with E-state index in [0.717, 1.165) is 11.3 Å². The molecule has 0 saturated carbocycles. The van der Waals surface area contributed by atoms with E-state index in [2.05, 4.69) is 10.6 Å². The fourth-order valence-corrected chi connectivity index (χ4v) is 4.06. The van der Waals surface area contributed by atoms with Crippen LogP contribution in [0.25, 0.3) is 0 Å². The second-order valence-corrected chi connectivity index (χ2v) is 7.82. The smallest absolute Gasteiger partial charge is 0.341 e. The van der Waals surface area contributed by atoms with Gasteiger partial charge in [-0.05, 0) is 31.5 Å². The van der Waals surface area contributed by atoms with E-state index in [-0.39, 0.29) is 29.7 Å². The molecule has 0 aliphatic heterocycles. The number of ether oxygens (including phenoxy) is 1. The summed E-state index contributed by atoms with van der Waals surface area (Å²) in [5.74, 6) is -0.314. The van der Waals surface area contributed by atoms with Crippen LogP contribution in [0.4, 0.5) is 10.7 Å². The van der Waals surface area contributed by atoms with Crippen LogP contribution in [-0.4, -0.2) is 42.4 Å². The fourth-order valence-electron chi connectivity index (χ4n) is 2.39. The molecule has 0 spiro atoms. The van der Waals surface area contributed by atoms with E-state index in [1.165, 1.54) is 11.8 Å². The minimum Gasteiger partial charge on any atom is -0.462 e. The third-order valence-corrected chi connectivity index (χ3v) is 5.81. The van der Waals surface area contributed by atoms with Gasteiger partial charge in [-0.3, -0.25) is 9.59 Å². The molecule has 0 saturated heterocycles. The zero-order valence-corrected chi connectivity index (χ0v) is 17.4. The number of rotatable bonds is 9. The van der Waals surface area contributed by atoms with Crippen molar-refractivity contribution in [3.05, 3.63) is 46.3 Å². The second kappa shape index (κ2) is 10.8. The van der Waals surface area contributed by atoms with Crippen LogP contribution in [0.2, 0.25) is 0 Å². The van der Waals surface area contributed by atoms with Crippen LogP contribution in [-0.2, 0) is 9.53 Å². The number of amides is 2. The van der Waals surface area contributed by atoms with Crippen LogP contribution >= 0.6 is 23.1 Å². The van der Waals surface area contributed by atoms with Crippen LogP contribution < -0.4 is 16.4 Å². The first kappa shape index (κ1) is 21.9. The minimum atomic E-state index is -0.570.